The monoisotopic (exact) mass is 289 g/mol. The molecule has 0 spiro atoms. The molecule has 21 heavy (non-hydrogen) atoms. The number of rotatable bonds is 5. The summed E-state index contributed by atoms with van der Waals surface area (Å²) in [5, 5.41) is 6.35. The molecule has 1 saturated heterocycles. The Morgan fingerprint density at radius 1 is 1.38 bits per heavy atom. The van der Waals surface area contributed by atoms with Crippen molar-refractivity contribution in [3.63, 3.8) is 0 Å². The molecule has 0 saturated carbocycles. The highest BCUT2D eigenvalue weighted by Crippen LogP contribution is 2.17. The van der Waals surface area contributed by atoms with Crippen molar-refractivity contribution in [2.75, 3.05) is 27.2 Å². The molecule has 2 rings (SSSR count). The summed E-state index contributed by atoms with van der Waals surface area (Å²) in [5.74, 6) is 0.0726. The Morgan fingerprint density at radius 3 is 2.86 bits per heavy atom. The Morgan fingerprint density at radius 2 is 2.14 bits per heavy atom. The van der Waals surface area contributed by atoms with Gasteiger partial charge in [0, 0.05) is 24.2 Å². The Hall–Kier alpha value is -1.39. The van der Waals surface area contributed by atoms with Crippen LogP contribution in [0.25, 0.3) is 0 Å². The van der Waals surface area contributed by atoms with Gasteiger partial charge in [-0.25, -0.2) is 0 Å². The van der Waals surface area contributed by atoms with Gasteiger partial charge in [0.15, 0.2) is 0 Å². The quantitative estimate of drug-likeness (QED) is 0.866. The summed E-state index contributed by atoms with van der Waals surface area (Å²) in [4.78, 5) is 14.9. The summed E-state index contributed by atoms with van der Waals surface area (Å²) in [6, 6.07) is 8.74. The molecule has 0 aromatic heterocycles. The number of carbonyl (C=O) groups excluding carboxylic acids is 1. The number of likely N-dealkylation sites (tertiary alicyclic amines) is 1. The number of hydrogen-bond donors (Lipinski definition) is 2. The first kappa shape index (κ1) is 16.0. The molecule has 1 heterocycles. The fourth-order valence-electron chi connectivity index (χ4n) is 2.90. The molecule has 0 bridgehead atoms. The van der Waals surface area contributed by atoms with Crippen LogP contribution in [0.3, 0.4) is 0 Å². The van der Waals surface area contributed by atoms with E-state index in [1.807, 2.05) is 31.3 Å². The van der Waals surface area contributed by atoms with Crippen molar-refractivity contribution in [2.24, 2.45) is 0 Å². The maximum absolute atomic E-state index is 12.5. The van der Waals surface area contributed by atoms with Crippen LogP contribution in [0.5, 0.6) is 0 Å². The molecule has 1 aromatic rings. The summed E-state index contributed by atoms with van der Waals surface area (Å²) >= 11 is 0. The van der Waals surface area contributed by atoms with Gasteiger partial charge in [0.2, 0.25) is 0 Å². The summed E-state index contributed by atoms with van der Waals surface area (Å²) < 4.78 is 0. The van der Waals surface area contributed by atoms with E-state index >= 15 is 0 Å². The highest BCUT2D eigenvalue weighted by atomic mass is 16.1. The molecule has 0 aliphatic carbocycles. The lowest BCUT2D eigenvalue weighted by Gasteiger charge is -2.35. The molecule has 2 N–H and O–H groups in total. The lowest BCUT2D eigenvalue weighted by molar-refractivity contribution is 0.0895. The number of likely N-dealkylation sites (N-methyl/N-ethyl adjacent to an activating group) is 1. The largest absolute Gasteiger partial charge is 0.349 e. The van der Waals surface area contributed by atoms with Gasteiger partial charge in [-0.3, -0.25) is 4.79 Å². The van der Waals surface area contributed by atoms with Crippen molar-refractivity contribution in [2.45, 2.75) is 38.3 Å². The normalized spacial score (nSPS) is 23.0. The van der Waals surface area contributed by atoms with Crippen LogP contribution in [-0.4, -0.2) is 50.1 Å². The van der Waals surface area contributed by atoms with E-state index in [9.17, 15) is 4.79 Å². The molecule has 2 unspecified atom stereocenters. The van der Waals surface area contributed by atoms with Gasteiger partial charge in [-0.2, -0.15) is 0 Å². The minimum absolute atomic E-state index is 0.0726. The number of nitrogens with zero attached hydrogens (tertiary/aromatic N) is 1. The molecular weight excluding hydrogens is 262 g/mol. The topological polar surface area (TPSA) is 44.4 Å². The molecule has 4 heteroatoms. The maximum Gasteiger partial charge on any atom is 0.251 e. The first-order valence-electron chi connectivity index (χ1n) is 7.85. The van der Waals surface area contributed by atoms with E-state index in [-0.39, 0.29) is 5.91 Å². The van der Waals surface area contributed by atoms with Crippen molar-refractivity contribution >= 4 is 5.91 Å². The first-order valence-corrected chi connectivity index (χ1v) is 7.85. The third kappa shape index (κ3) is 4.29. The van der Waals surface area contributed by atoms with Gasteiger partial charge < -0.3 is 15.5 Å². The average molecular weight is 289 g/mol. The van der Waals surface area contributed by atoms with Crippen LogP contribution in [0.4, 0.5) is 0 Å². The standard InChI is InChI=1S/C17H27N3O/c1-13-12-15(9-11-20(13)3)19-17(21)16-7-5-4-6-14(16)8-10-18-2/h4-7,13,15,18H,8-12H2,1-3H3,(H,19,21). The molecule has 0 radical (unpaired) electrons. The average Bonchev–Trinajstić information content (AvgIpc) is 2.49. The summed E-state index contributed by atoms with van der Waals surface area (Å²) in [7, 11) is 4.08. The van der Waals surface area contributed by atoms with Crippen LogP contribution < -0.4 is 10.6 Å². The molecule has 1 fully saturated rings. The molecular formula is C17H27N3O. The molecule has 4 nitrogen and oxygen atoms in total. The molecule has 1 aromatic carbocycles. The van der Waals surface area contributed by atoms with Crippen LogP contribution in [0.2, 0.25) is 0 Å². The van der Waals surface area contributed by atoms with E-state index in [1.54, 1.807) is 0 Å². The van der Waals surface area contributed by atoms with Crippen LogP contribution in [0.15, 0.2) is 24.3 Å². The predicted octanol–water partition coefficient (Wildman–Crippen LogP) is 1.66. The van der Waals surface area contributed by atoms with Crippen LogP contribution in [0.1, 0.15) is 35.7 Å². The van der Waals surface area contributed by atoms with Gasteiger partial charge in [-0.1, -0.05) is 18.2 Å². The lowest BCUT2D eigenvalue weighted by atomic mass is 9.97. The Labute approximate surface area is 127 Å². The first-order chi connectivity index (χ1) is 10.1. The Kier molecular flexibility index (Phi) is 5.76. The van der Waals surface area contributed by atoms with Gasteiger partial charge in [-0.05, 0) is 58.5 Å². The Bertz CT molecular complexity index is 475. The number of nitrogens with one attached hydrogen (secondary N) is 2. The van der Waals surface area contributed by atoms with E-state index < -0.39 is 0 Å². The molecule has 116 valence electrons. The van der Waals surface area contributed by atoms with Gasteiger partial charge >= 0.3 is 0 Å². The zero-order valence-corrected chi connectivity index (χ0v) is 13.4. The molecule has 2 atom stereocenters. The lowest BCUT2D eigenvalue weighted by Crippen LogP contribution is -2.47. The van der Waals surface area contributed by atoms with Crippen molar-refractivity contribution < 1.29 is 4.79 Å². The van der Waals surface area contributed by atoms with E-state index in [2.05, 4.69) is 29.5 Å². The van der Waals surface area contributed by atoms with Gasteiger partial charge in [0.1, 0.15) is 0 Å². The van der Waals surface area contributed by atoms with Crippen molar-refractivity contribution in [3.05, 3.63) is 35.4 Å². The highest BCUT2D eigenvalue weighted by molar-refractivity contribution is 5.95. The van der Waals surface area contributed by atoms with Gasteiger partial charge in [0.25, 0.3) is 5.91 Å². The van der Waals surface area contributed by atoms with Crippen molar-refractivity contribution in [3.8, 4) is 0 Å². The van der Waals surface area contributed by atoms with Crippen molar-refractivity contribution in [1.82, 2.24) is 15.5 Å². The van der Waals surface area contributed by atoms with Crippen LogP contribution in [-0.2, 0) is 6.42 Å². The molecule has 1 aliphatic heterocycles. The predicted molar refractivity (Wildman–Crippen MR) is 86.7 cm³/mol. The third-order valence-electron chi connectivity index (χ3n) is 4.45. The van der Waals surface area contributed by atoms with E-state index in [1.165, 1.54) is 0 Å². The minimum Gasteiger partial charge on any atom is -0.349 e. The second kappa shape index (κ2) is 7.57. The SMILES string of the molecule is CNCCc1ccccc1C(=O)NC1CCN(C)C(C)C1. The number of carbonyl (C=O) groups is 1. The van der Waals surface area contributed by atoms with E-state index in [0.717, 1.165) is 43.5 Å². The van der Waals surface area contributed by atoms with Gasteiger partial charge in [0.05, 0.1) is 0 Å². The summed E-state index contributed by atoms with van der Waals surface area (Å²) in [5.41, 5.74) is 1.93. The number of amides is 1. The highest BCUT2D eigenvalue weighted by Gasteiger charge is 2.24. The fourth-order valence-corrected chi connectivity index (χ4v) is 2.90. The van der Waals surface area contributed by atoms with Gasteiger partial charge in [-0.15, -0.1) is 0 Å². The number of piperidine rings is 1. The zero-order chi connectivity index (χ0) is 15.2. The smallest absolute Gasteiger partial charge is 0.251 e. The second-order valence-corrected chi connectivity index (χ2v) is 6.04. The van der Waals surface area contributed by atoms with Crippen LogP contribution >= 0.6 is 0 Å². The third-order valence-corrected chi connectivity index (χ3v) is 4.45. The van der Waals surface area contributed by atoms with E-state index in [0.29, 0.717) is 12.1 Å². The number of benzene rings is 1. The zero-order valence-electron chi connectivity index (χ0n) is 13.4. The molecule has 1 aliphatic rings. The van der Waals surface area contributed by atoms with Crippen LogP contribution in [0, 0.1) is 0 Å². The maximum atomic E-state index is 12.5. The molecule has 1 amide bonds. The summed E-state index contributed by atoms with van der Waals surface area (Å²) in [6.07, 6.45) is 2.94. The van der Waals surface area contributed by atoms with Crippen molar-refractivity contribution in [1.29, 1.82) is 0 Å². The van der Waals surface area contributed by atoms with E-state index in [4.69, 9.17) is 0 Å². The number of hydrogen-bond acceptors (Lipinski definition) is 3. The minimum atomic E-state index is 0.0726. The Balaban J connectivity index is 2.00. The fraction of sp³-hybridized carbons (Fsp3) is 0.588. The second-order valence-electron chi connectivity index (χ2n) is 6.04. The summed E-state index contributed by atoms with van der Waals surface area (Å²) in [6.45, 7) is 4.16.